The zero-order chi connectivity index (χ0) is 13.4. The molecule has 0 aliphatic carbocycles. The van der Waals surface area contributed by atoms with Crippen molar-refractivity contribution in [3.05, 3.63) is 21.9 Å². The number of thioether (sulfide) groups is 1. The fraction of sp³-hybridized carbons (Fsp3) is 0.462. The Hall–Kier alpha value is -0.960. The van der Waals surface area contributed by atoms with Crippen molar-refractivity contribution in [1.29, 1.82) is 0 Å². The number of hydrogen-bond acceptors (Lipinski definition) is 4. The number of hydrogen-bond donors (Lipinski definition) is 2. The van der Waals surface area contributed by atoms with E-state index in [0.717, 1.165) is 11.3 Å². The first-order chi connectivity index (χ1) is 8.67. The van der Waals surface area contributed by atoms with Gasteiger partial charge in [-0.1, -0.05) is 18.8 Å². The number of thiophene rings is 1. The molecule has 0 radical (unpaired) electrons. The smallest absolute Gasteiger partial charge is 0.252 e. The number of amides is 1. The average Bonchev–Trinajstić information content (AvgIpc) is 2.84. The third kappa shape index (κ3) is 5.13. The van der Waals surface area contributed by atoms with Crippen LogP contribution in [0.5, 0.6) is 0 Å². The van der Waals surface area contributed by atoms with E-state index in [1.165, 1.54) is 11.3 Å². The van der Waals surface area contributed by atoms with Gasteiger partial charge in [0, 0.05) is 17.2 Å². The molecule has 0 saturated carbocycles. The minimum atomic E-state index is -0.0275. The second-order valence-electron chi connectivity index (χ2n) is 3.80. The monoisotopic (exact) mass is 282 g/mol. The van der Waals surface area contributed by atoms with Crippen LogP contribution in [-0.4, -0.2) is 30.5 Å². The van der Waals surface area contributed by atoms with Crippen LogP contribution >= 0.6 is 23.1 Å². The van der Waals surface area contributed by atoms with Crippen LogP contribution in [0, 0.1) is 11.8 Å². The van der Waals surface area contributed by atoms with Gasteiger partial charge in [0.2, 0.25) is 0 Å². The molecule has 98 valence electrons. The molecule has 1 aromatic heterocycles. The maximum Gasteiger partial charge on any atom is 0.252 e. The number of rotatable bonds is 5. The second-order valence-corrected chi connectivity index (χ2v) is 5.98. The first kappa shape index (κ1) is 15.1. The summed E-state index contributed by atoms with van der Waals surface area (Å²) < 4.78 is 0. The summed E-state index contributed by atoms with van der Waals surface area (Å²) in [5.41, 5.74) is 5.98. The van der Waals surface area contributed by atoms with Crippen LogP contribution in [0.3, 0.4) is 0 Å². The van der Waals surface area contributed by atoms with E-state index in [0.29, 0.717) is 23.9 Å². The van der Waals surface area contributed by atoms with E-state index in [1.54, 1.807) is 17.8 Å². The van der Waals surface area contributed by atoms with Gasteiger partial charge in [-0.3, -0.25) is 4.79 Å². The van der Waals surface area contributed by atoms with E-state index in [-0.39, 0.29) is 5.91 Å². The summed E-state index contributed by atoms with van der Waals surface area (Å²) in [6.45, 7) is 3.20. The molecule has 5 heteroatoms. The quantitative estimate of drug-likeness (QED) is 0.811. The van der Waals surface area contributed by atoms with Gasteiger partial charge in [0.25, 0.3) is 5.91 Å². The van der Waals surface area contributed by atoms with Crippen molar-refractivity contribution in [3.63, 3.8) is 0 Å². The van der Waals surface area contributed by atoms with Crippen molar-refractivity contribution in [3.8, 4) is 11.8 Å². The molecule has 18 heavy (non-hydrogen) atoms. The van der Waals surface area contributed by atoms with Crippen LogP contribution in [0.4, 0.5) is 0 Å². The minimum absolute atomic E-state index is 0.0275. The van der Waals surface area contributed by atoms with Gasteiger partial charge in [0.05, 0.1) is 17.0 Å². The SMILES string of the molecule is CSC(C)CCNC(=O)c1csc(C#CCN)c1. The molecular weight excluding hydrogens is 264 g/mol. The predicted octanol–water partition coefficient (Wildman–Crippen LogP) is 1.93. The lowest BCUT2D eigenvalue weighted by Gasteiger charge is -2.08. The van der Waals surface area contributed by atoms with Crippen LogP contribution in [-0.2, 0) is 0 Å². The molecule has 0 fully saturated rings. The van der Waals surface area contributed by atoms with Crippen LogP contribution in [0.25, 0.3) is 0 Å². The summed E-state index contributed by atoms with van der Waals surface area (Å²) in [6.07, 6.45) is 3.06. The first-order valence-corrected chi connectivity index (χ1v) is 7.92. The molecule has 1 rings (SSSR count). The highest BCUT2D eigenvalue weighted by atomic mass is 32.2. The van der Waals surface area contributed by atoms with E-state index >= 15 is 0 Å². The Kier molecular flexibility index (Phi) is 6.88. The maximum atomic E-state index is 11.8. The molecular formula is C13H18N2OS2. The molecule has 1 aromatic rings. The highest BCUT2D eigenvalue weighted by Crippen LogP contribution is 2.13. The van der Waals surface area contributed by atoms with Gasteiger partial charge < -0.3 is 11.1 Å². The Morgan fingerprint density at radius 2 is 2.44 bits per heavy atom. The van der Waals surface area contributed by atoms with E-state index in [1.807, 2.05) is 5.38 Å². The Morgan fingerprint density at radius 1 is 1.67 bits per heavy atom. The van der Waals surface area contributed by atoms with E-state index in [9.17, 15) is 4.79 Å². The Morgan fingerprint density at radius 3 is 3.11 bits per heavy atom. The summed E-state index contributed by atoms with van der Waals surface area (Å²) in [5, 5.41) is 5.31. The zero-order valence-electron chi connectivity index (χ0n) is 10.7. The Labute approximate surface area is 117 Å². The van der Waals surface area contributed by atoms with Crippen molar-refractivity contribution in [1.82, 2.24) is 5.32 Å². The van der Waals surface area contributed by atoms with E-state index in [2.05, 4.69) is 30.3 Å². The van der Waals surface area contributed by atoms with Gasteiger partial charge in [-0.05, 0) is 18.7 Å². The van der Waals surface area contributed by atoms with Crippen molar-refractivity contribution < 1.29 is 4.79 Å². The van der Waals surface area contributed by atoms with Crippen molar-refractivity contribution in [2.45, 2.75) is 18.6 Å². The molecule has 0 spiro atoms. The molecule has 1 heterocycles. The number of nitrogens with two attached hydrogens (primary N) is 1. The molecule has 3 nitrogen and oxygen atoms in total. The average molecular weight is 282 g/mol. The van der Waals surface area contributed by atoms with Crippen LogP contribution in [0.15, 0.2) is 11.4 Å². The summed E-state index contributed by atoms with van der Waals surface area (Å²) >= 11 is 3.27. The molecule has 0 aliphatic rings. The van der Waals surface area contributed by atoms with Gasteiger partial charge in [-0.2, -0.15) is 11.8 Å². The topological polar surface area (TPSA) is 55.1 Å². The lowest BCUT2D eigenvalue weighted by Crippen LogP contribution is -2.25. The third-order valence-corrected chi connectivity index (χ3v) is 4.30. The molecule has 1 amide bonds. The van der Waals surface area contributed by atoms with E-state index < -0.39 is 0 Å². The van der Waals surface area contributed by atoms with E-state index in [4.69, 9.17) is 5.73 Å². The number of nitrogens with one attached hydrogen (secondary N) is 1. The van der Waals surface area contributed by atoms with Crippen molar-refractivity contribution in [2.75, 3.05) is 19.3 Å². The highest BCUT2D eigenvalue weighted by molar-refractivity contribution is 7.99. The summed E-state index contributed by atoms with van der Waals surface area (Å²) in [4.78, 5) is 12.7. The van der Waals surface area contributed by atoms with Crippen LogP contribution in [0.2, 0.25) is 0 Å². The molecule has 1 atom stereocenters. The maximum absolute atomic E-state index is 11.8. The van der Waals surface area contributed by atoms with Gasteiger partial charge in [-0.15, -0.1) is 11.3 Å². The largest absolute Gasteiger partial charge is 0.352 e. The Bertz CT molecular complexity index is 445. The lowest BCUT2D eigenvalue weighted by atomic mass is 10.2. The normalized spacial score (nSPS) is 11.5. The summed E-state index contributed by atoms with van der Waals surface area (Å²) in [6, 6.07) is 1.81. The molecule has 0 saturated heterocycles. The zero-order valence-corrected chi connectivity index (χ0v) is 12.3. The first-order valence-electron chi connectivity index (χ1n) is 5.75. The molecule has 0 bridgehead atoms. The molecule has 1 unspecified atom stereocenters. The number of carbonyl (C=O) groups excluding carboxylic acids is 1. The third-order valence-electron chi connectivity index (χ3n) is 2.41. The van der Waals surface area contributed by atoms with Crippen LogP contribution < -0.4 is 11.1 Å². The van der Waals surface area contributed by atoms with Crippen molar-refractivity contribution in [2.24, 2.45) is 5.73 Å². The minimum Gasteiger partial charge on any atom is -0.352 e. The second kappa shape index (κ2) is 8.20. The fourth-order valence-corrected chi connectivity index (χ4v) is 2.38. The van der Waals surface area contributed by atoms with Crippen molar-refractivity contribution >= 4 is 29.0 Å². The van der Waals surface area contributed by atoms with Gasteiger partial charge in [0.15, 0.2) is 0 Å². The summed E-state index contributed by atoms with van der Waals surface area (Å²) in [7, 11) is 0. The Balaban J connectivity index is 2.44. The predicted molar refractivity (Wildman–Crippen MR) is 80.2 cm³/mol. The lowest BCUT2D eigenvalue weighted by molar-refractivity contribution is 0.0954. The summed E-state index contributed by atoms with van der Waals surface area (Å²) in [5.74, 6) is 5.67. The molecule has 3 N–H and O–H groups in total. The van der Waals surface area contributed by atoms with Crippen LogP contribution in [0.1, 0.15) is 28.6 Å². The fourth-order valence-electron chi connectivity index (χ4n) is 1.27. The van der Waals surface area contributed by atoms with Gasteiger partial charge in [0.1, 0.15) is 0 Å². The number of carbonyl (C=O) groups is 1. The standard InChI is InChI=1S/C13H18N2OS2/c1-10(17-2)5-7-15-13(16)11-8-12(18-9-11)4-3-6-14/h8-10H,5-7,14H2,1-2H3,(H,15,16). The van der Waals surface area contributed by atoms with Gasteiger partial charge in [-0.25, -0.2) is 0 Å². The highest BCUT2D eigenvalue weighted by Gasteiger charge is 2.08. The molecule has 0 aromatic carbocycles. The molecule has 0 aliphatic heterocycles. The van der Waals surface area contributed by atoms with Gasteiger partial charge >= 0.3 is 0 Å².